The van der Waals surface area contributed by atoms with Crippen molar-refractivity contribution in [3.8, 4) is 0 Å². The summed E-state index contributed by atoms with van der Waals surface area (Å²) in [4.78, 5) is 28.2. The molecule has 0 radical (unpaired) electrons. The lowest BCUT2D eigenvalue weighted by Gasteiger charge is -2.18. The molecule has 1 saturated heterocycles. The molecule has 3 rings (SSSR count). The highest BCUT2D eigenvalue weighted by Gasteiger charge is 2.40. The summed E-state index contributed by atoms with van der Waals surface area (Å²) in [5.41, 5.74) is 1.74. The zero-order valence-electron chi connectivity index (χ0n) is 11.7. The van der Waals surface area contributed by atoms with Gasteiger partial charge in [-0.3, -0.25) is 9.78 Å². The van der Waals surface area contributed by atoms with Crippen LogP contribution in [-0.4, -0.2) is 29.5 Å². The van der Waals surface area contributed by atoms with Crippen LogP contribution in [0.15, 0.2) is 36.5 Å². The molecular weight excluding hydrogens is 268 g/mol. The van der Waals surface area contributed by atoms with Crippen molar-refractivity contribution in [3.63, 3.8) is 0 Å². The van der Waals surface area contributed by atoms with Crippen molar-refractivity contribution >= 4 is 22.8 Å². The van der Waals surface area contributed by atoms with Crippen LogP contribution in [0.25, 0.3) is 10.9 Å². The lowest BCUT2D eigenvalue weighted by atomic mass is 9.90. The first-order valence-electron chi connectivity index (χ1n) is 7.00. The van der Waals surface area contributed by atoms with Crippen LogP contribution >= 0.6 is 0 Å². The monoisotopic (exact) mass is 284 g/mol. The van der Waals surface area contributed by atoms with Gasteiger partial charge in [0.15, 0.2) is 0 Å². The highest BCUT2D eigenvalue weighted by molar-refractivity contribution is 5.92. The largest absolute Gasteiger partial charge is 0.464 e. The van der Waals surface area contributed by atoms with E-state index in [9.17, 15) is 9.59 Å². The van der Waals surface area contributed by atoms with E-state index in [2.05, 4.69) is 10.3 Å². The van der Waals surface area contributed by atoms with Gasteiger partial charge in [0, 0.05) is 23.9 Å². The summed E-state index contributed by atoms with van der Waals surface area (Å²) in [6.45, 7) is 2.05. The van der Waals surface area contributed by atoms with Gasteiger partial charge < -0.3 is 10.1 Å². The van der Waals surface area contributed by atoms with E-state index in [4.69, 9.17) is 4.74 Å². The second kappa shape index (κ2) is 5.52. The summed E-state index contributed by atoms with van der Waals surface area (Å²) in [7, 11) is 0. The van der Waals surface area contributed by atoms with E-state index in [0.29, 0.717) is 6.61 Å². The van der Waals surface area contributed by atoms with Crippen molar-refractivity contribution in [2.75, 3.05) is 6.61 Å². The molecule has 1 amide bonds. The van der Waals surface area contributed by atoms with Crippen molar-refractivity contribution in [1.29, 1.82) is 0 Å². The van der Waals surface area contributed by atoms with Crippen LogP contribution in [0.5, 0.6) is 0 Å². The van der Waals surface area contributed by atoms with Crippen LogP contribution in [0.4, 0.5) is 0 Å². The summed E-state index contributed by atoms with van der Waals surface area (Å²) in [6, 6.07) is 9.01. The second-order valence-electron chi connectivity index (χ2n) is 5.03. The van der Waals surface area contributed by atoms with Crippen molar-refractivity contribution < 1.29 is 14.3 Å². The molecule has 2 atom stereocenters. The molecule has 0 bridgehead atoms. The van der Waals surface area contributed by atoms with E-state index < -0.39 is 6.04 Å². The number of hydrogen-bond donors (Lipinski definition) is 1. The summed E-state index contributed by atoms with van der Waals surface area (Å²) < 4.78 is 5.06. The molecule has 1 aromatic heterocycles. The van der Waals surface area contributed by atoms with Crippen LogP contribution in [0.2, 0.25) is 0 Å². The molecule has 108 valence electrons. The number of carbonyl (C=O) groups excluding carboxylic acids is 2. The molecule has 1 aromatic carbocycles. The van der Waals surface area contributed by atoms with Crippen molar-refractivity contribution in [3.05, 3.63) is 42.1 Å². The molecule has 1 fully saturated rings. The number of fused-ring (bicyclic) bond motifs is 1. The first-order chi connectivity index (χ1) is 10.2. The van der Waals surface area contributed by atoms with Gasteiger partial charge in [-0.15, -0.1) is 0 Å². The molecule has 2 aromatic rings. The Morgan fingerprint density at radius 1 is 1.38 bits per heavy atom. The number of para-hydroxylation sites is 1. The molecule has 5 nitrogen and oxygen atoms in total. The highest BCUT2D eigenvalue weighted by Crippen LogP contribution is 2.33. The maximum atomic E-state index is 12.1. The third-order valence-corrected chi connectivity index (χ3v) is 3.73. The maximum absolute atomic E-state index is 12.1. The number of carbonyl (C=O) groups is 2. The number of rotatable bonds is 3. The van der Waals surface area contributed by atoms with Gasteiger partial charge in [-0.1, -0.05) is 24.3 Å². The third-order valence-electron chi connectivity index (χ3n) is 3.73. The molecule has 0 saturated carbocycles. The number of aromatic nitrogens is 1. The Labute approximate surface area is 122 Å². The standard InChI is InChI=1S/C16H16N2O3/c1-2-21-16(20)15-12(9-13(19)18-15)11-7-3-5-10-6-4-8-17-14(10)11/h3-8,12,15H,2,9H2,1H3,(H,18,19). The number of nitrogens with zero attached hydrogens (tertiary/aromatic N) is 1. The minimum Gasteiger partial charge on any atom is -0.464 e. The van der Waals surface area contributed by atoms with Crippen LogP contribution in [0, 0.1) is 0 Å². The minimum atomic E-state index is -0.634. The maximum Gasteiger partial charge on any atom is 0.329 e. The first-order valence-corrected chi connectivity index (χ1v) is 7.00. The Balaban J connectivity index is 2.03. The zero-order valence-corrected chi connectivity index (χ0v) is 11.7. The number of esters is 1. The quantitative estimate of drug-likeness (QED) is 0.872. The molecule has 2 heterocycles. The molecular formula is C16H16N2O3. The SMILES string of the molecule is CCOC(=O)C1NC(=O)CC1c1cccc2cccnc12. The van der Waals surface area contributed by atoms with E-state index in [1.165, 1.54) is 0 Å². The number of amides is 1. The molecule has 2 unspecified atom stereocenters. The summed E-state index contributed by atoms with van der Waals surface area (Å²) >= 11 is 0. The second-order valence-corrected chi connectivity index (χ2v) is 5.03. The van der Waals surface area contributed by atoms with E-state index >= 15 is 0 Å². The first kappa shape index (κ1) is 13.5. The van der Waals surface area contributed by atoms with Gasteiger partial charge in [-0.25, -0.2) is 4.79 Å². The normalized spacial score (nSPS) is 21.3. The molecule has 1 aliphatic rings. The van der Waals surface area contributed by atoms with Gasteiger partial charge in [0.25, 0.3) is 0 Å². The smallest absolute Gasteiger partial charge is 0.329 e. The molecule has 1 N–H and O–H groups in total. The molecule has 0 spiro atoms. The number of benzene rings is 1. The van der Waals surface area contributed by atoms with Gasteiger partial charge >= 0.3 is 5.97 Å². The fraction of sp³-hybridized carbons (Fsp3) is 0.312. The fourth-order valence-corrected chi connectivity index (χ4v) is 2.82. The van der Waals surface area contributed by atoms with Gasteiger partial charge in [-0.2, -0.15) is 0 Å². The molecule has 1 aliphatic heterocycles. The fourth-order valence-electron chi connectivity index (χ4n) is 2.82. The van der Waals surface area contributed by atoms with E-state index in [0.717, 1.165) is 16.5 Å². The van der Waals surface area contributed by atoms with E-state index in [1.807, 2.05) is 30.3 Å². The van der Waals surface area contributed by atoms with Gasteiger partial charge in [0.2, 0.25) is 5.91 Å². The van der Waals surface area contributed by atoms with Crippen LogP contribution in [0.3, 0.4) is 0 Å². The van der Waals surface area contributed by atoms with Crippen LogP contribution in [0.1, 0.15) is 24.8 Å². The topological polar surface area (TPSA) is 68.3 Å². The Hall–Kier alpha value is -2.43. The summed E-state index contributed by atoms with van der Waals surface area (Å²) in [5.74, 6) is -0.762. The minimum absolute atomic E-state index is 0.133. The number of hydrogen-bond acceptors (Lipinski definition) is 4. The number of ether oxygens (including phenoxy) is 1. The van der Waals surface area contributed by atoms with Gasteiger partial charge in [0.05, 0.1) is 12.1 Å². The highest BCUT2D eigenvalue weighted by atomic mass is 16.5. The van der Waals surface area contributed by atoms with Gasteiger partial charge in [-0.05, 0) is 18.6 Å². The lowest BCUT2D eigenvalue weighted by Crippen LogP contribution is -2.37. The Kier molecular flexibility index (Phi) is 3.56. The van der Waals surface area contributed by atoms with Gasteiger partial charge in [0.1, 0.15) is 6.04 Å². The third kappa shape index (κ3) is 2.46. The summed E-state index contributed by atoms with van der Waals surface area (Å²) in [5, 5.41) is 3.71. The predicted molar refractivity (Wildman–Crippen MR) is 77.7 cm³/mol. The molecule has 21 heavy (non-hydrogen) atoms. The molecule has 5 heteroatoms. The zero-order chi connectivity index (χ0) is 14.8. The van der Waals surface area contributed by atoms with E-state index in [1.54, 1.807) is 13.1 Å². The number of pyridine rings is 1. The average Bonchev–Trinajstić information content (AvgIpc) is 2.89. The Bertz CT molecular complexity index is 693. The predicted octanol–water partition coefficient (Wildman–Crippen LogP) is 1.77. The summed E-state index contributed by atoms with van der Waals surface area (Å²) in [6.07, 6.45) is 1.99. The lowest BCUT2D eigenvalue weighted by molar-refractivity contribution is -0.146. The van der Waals surface area contributed by atoms with Crippen LogP contribution in [-0.2, 0) is 14.3 Å². The van der Waals surface area contributed by atoms with Crippen molar-refractivity contribution in [1.82, 2.24) is 10.3 Å². The Morgan fingerprint density at radius 3 is 3.00 bits per heavy atom. The van der Waals surface area contributed by atoms with Crippen molar-refractivity contribution in [2.24, 2.45) is 0 Å². The van der Waals surface area contributed by atoms with Crippen LogP contribution < -0.4 is 5.32 Å². The number of nitrogens with one attached hydrogen (secondary N) is 1. The Morgan fingerprint density at radius 2 is 2.19 bits per heavy atom. The van der Waals surface area contributed by atoms with Crippen molar-refractivity contribution in [2.45, 2.75) is 25.3 Å². The molecule has 0 aliphatic carbocycles. The average molecular weight is 284 g/mol. The van der Waals surface area contributed by atoms with E-state index in [-0.39, 0.29) is 24.2 Å².